The zero-order valence-corrected chi connectivity index (χ0v) is 17.0. The zero-order chi connectivity index (χ0) is 21.4. The number of methoxy groups -OCH3 is 1. The third kappa shape index (κ3) is 3.40. The Morgan fingerprint density at radius 1 is 1.20 bits per heavy atom. The quantitative estimate of drug-likeness (QED) is 0.466. The Morgan fingerprint density at radius 3 is 2.63 bits per heavy atom. The SMILES string of the molecule is COC(=O)CNC(=O)c1c(O)c2cccc(-c3cc(Cl)cc(Cl)c3)c2c2ncnn12. The van der Waals surface area contributed by atoms with E-state index in [9.17, 15) is 14.7 Å². The number of rotatable bonds is 4. The lowest BCUT2D eigenvalue weighted by Crippen LogP contribution is -2.31. The molecule has 0 aliphatic rings. The standard InChI is InChI=1S/C20H14Cl2N4O4/c1-30-15(27)8-23-20(29)17-18(28)14-4-2-3-13(10-5-11(21)7-12(22)6-10)16(14)19-24-9-25-26(17)19/h2-7,9,28H,8H2,1H3,(H,23,29). The van der Waals surface area contributed by atoms with Gasteiger partial charge in [0.2, 0.25) is 0 Å². The van der Waals surface area contributed by atoms with Gasteiger partial charge in [-0.05, 0) is 29.3 Å². The molecule has 0 radical (unpaired) electrons. The van der Waals surface area contributed by atoms with E-state index in [1.54, 1.807) is 30.3 Å². The van der Waals surface area contributed by atoms with E-state index in [4.69, 9.17) is 23.2 Å². The Bertz CT molecular complexity index is 1300. The molecule has 8 nitrogen and oxygen atoms in total. The molecule has 0 fully saturated rings. The van der Waals surface area contributed by atoms with Crippen molar-refractivity contribution < 1.29 is 19.4 Å². The van der Waals surface area contributed by atoms with E-state index in [1.165, 1.54) is 18.0 Å². The third-order valence-electron chi connectivity index (χ3n) is 4.54. The second kappa shape index (κ2) is 7.81. The molecule has 0 spiro atoms. The van der Waals surface area contributed by atoms with Crippen LogP contribution < -0.4 is 5.32 Å². The van der Waals surface area contributed by atoms with Gasteiger partial charge < -0.3 is 15.2 Å². The van der Waals surface area contributed by atoms with Gasteiger partial charge in [-0.25, -0.2) is 9.50 Å². The van der Waals surface area contributed by atoms with Crippen molar-refractivity contribution in [2.75, 3.05) is 13.7 Å². The molecular formula is C20H14Cl2N4O4. The number of benzene rings is 2. The van der Waals surface area contributed by atoms with Gasteiger partial charge in [-0.1, -0.05) is 41.4 Å². The Labute approximate surface area is 180 Å². The maximum Gasteiger partial charge on any atom is 0.325 e. The smallest absolute Gasteiger partial charge is 0.325 e. The fourth-order valence-corrected chi connectivity index (χ4v) is 3.78. The molecule has 2 aromatic heterocycles. The lowest BCUT2D eigenvalue weighted by atomic mass is 9.98. The fourth-order valence-electron chi connectivity index (χ4n) is 3.26. The van der Waals surface area contributed by atoms with Crippen molar-refractivity contribution in [3.63, 3.8) is 0 Å². The number of nitrogens with one attached hydrogen (secondary N) is 1. The van der Waals surface area contributed by atoms with Crippen LogP contribution in [0, 0.1) is 0 Å². The number of esters is 1. The minimum Gasteiger partial charge on any atom is -0.505 e. The number of amides is 1. The number of hydrogen-bond donors (Lipinski definition) is 2. The largest absolute Gasteiger partial charge is 0.505 e. The molecule has 0 aliphatic heterocycles. The number of fused-ring (bicyclic) bond motifs is 3. The molecular weight excluding hydrogens is 431 g/mol. The molecule has 0 saturated carbocycles. The minimum absolute atomic E-state index is 0.153. The molecule has 1 amide bonds. The van der Waals surface area contributed by atoms with Crippen LogP contribution in [0.4, 0.5) is 0 Å². The first-order chi connectivity index (χ1) is 14.4. The molecule has 2 N–H and O–H groups in total. The number of ether oxygens (including phenoxy) is 1. The van der Waals surface area contributed by atoms with Gasteiger partial charge in [0.25, 0.3) is 5.91 Å². The monoisotopic (exact) mass is 444 g/mol. The average Bonchev–Trinajstić information content (AvgIpc) is 3.20. The molecule has 4 aromatic rings. The van der Waals surface area contributed by atoms with Crippen molar-refractivity contribution in [1.29, 1.82) is 0 Å². The van der Waals surface area contributed by atoms with Crippen LogP contribution in [0.1, 0.15) is 10.5 Å². The van der Waals surface area contributed by atoms with Crippen LogP contribution in [0.3, 0.4) is 0 Å². The highest BCUT2D eigenvalue weighted by Gasteiger charge is 2.23. The van der Waals surface area contributed by atoms with E-state index < -0.39 is 11.9 Å². The van der Waals surface area contributed by atoms with Gasteiger partial charge in [0, 0.05) is 20.8 Å². The van der Waals surface area contributed by atoms with Gasteiger partial charge >= 0.3 is 5.97 Å². The molecule has 0 atom stereocenters. The third-order valence-corrected chi connectivity index (χ3v) is 4.97. The zero-order valence-electron chi connectivity index (χ0n) is 15.5. The lowest BCUT2D eigenvalue weighted by molar-refractivity contribution is -0.139. The van der Waals surface area contributed by atoms with Crippen molar-refractivity contribution in [2.45, 2.75) is 0 Å². The summed E-state index contributed by atoms with van der Waals surface area (Å²) in [5.41, 5.74) is 1.61. The molecule has 2 aromatic carbocycles. The molecule has 152 valence electrons. The van der Waals surface area contributed by atoms with Crippen LogP contribution in [-0.2, 0) is 9.53 Å². The van der Waals surface area contributed by atoms with Gasteiger partial charge in [0.15, 0.2) is 17.1 Å². The first kappa shape index (κ1) is 19.9. The maximum atomic E-state index is 12.7. The summed E-state index contributed by atoms with van der Waals surface area (Å²) in [7, 11) is 1.21. The van der Waals surface area contributed by atoms with Crippen molar-refractivity contribution >= 4 is 51.5 Å². The molecule has 4 rings (SSSR count). The van der Waals surface area contributed by atoms with E-state index in [-0.39, 0.29) is 18.0 Å². The Balaban J connectivity index is 1.96. The van der Waals surface area contributed by atoms with Crippen LogP contribution in [0.15, 0.2) is 42.7 Å². The molecule has 0 bridgehead atoms. The highest BCUT2D eigenvalue weighted by atomic mass is 35.5. The van der Waals surface area contributed by atoms with Crippen molar-refractivity contribution in [2.24, 2.45) is 0 Å². The summed E-state index contributed by atoms with van der Waals surface area (Å²) in [6.45, 7) is -0.357. The predicted octanol–water partition coefficient (Wildman–Crippen LogP) is 3.46. The van der Waals surface area contributed by atoms with Crippen molar-refractivity contribution in [3.05, 3.63) is 58.5 Å². The summed E-state index contributed by atoms with van der Waals surface area (Å²) in [4.78, 5) is 28.3. The van der Waals surface area contributed by atoms with E-state index in [0.29, 0.717) is 37.6 Å². The van der Waals surface area contributed by atoms with Gasteiger partial charge in [0.1, 0.15) is 12.9 Å². The van der Waals surface area contributed by atoms with E-state index in [0.717, 1.165) is 0 Å². The van der Waals surface area contributed by atoms with E-state index in [1.807, 2.05) is 6.07 Å². The van der Waals surface area contributed by atoms with Crippen molar-refractivity contribution in [1.82, 2.24) is 19.9 Å². The molecule has 30 heavy (non-hydrogen) atoms. The van der Waals surface area contributed by atoms with Crippen molar-refractivity contribution in [3.8, 4) is 16.9 Å². The second-order valence-corrected chi connectivity index (χ2v) is 7.21. The topological polar surface area (TPSA) is 106 Å². The number of carbonyl (C=O) groups excluding carboxylic acids is 2. The predicted molar refractivity (Wildman–Crippen MR) is 112 cm³/mol. The first-order valence-corrected chi connectivity index (χ1v) is 9.45. The maximum absolute atomic E-state index is 12.7. The number of carbonyl (C=O) groups is 2. The summed E-state index contributed by atoms with van der Waals surface area (Å²) in [5.74, 6) is -1.63. The molecule has 0 aliphatic carbocycles. The Morgan fingerprint density at radius 2 is 1.93 bits per heavy atom. The fraction of sp³-hybridized carbons (Fsp3) is 0.100. The minimum atomic E-state index is -0.702. The number of halogens is 2. The molecule has 0 saturated heterocycles. The summed E-state index contributed by atoms with van der Waals surface area (Å²) in [6.07, 6.45) is 1.27. The van der Waals surface area contributed by atoms with Crippen LogP contribution in [0.5, 0.6) is 5.75 Å². The highest BCUT2D eigenvalue weighted by Crippen LogP contribution is 2.38. The van der Waals surface area contributed by atoms with Crippen LogP contribution >= 0.6 is 23.2 Å². The summed E-state index contributed by atoms with van der Waals surface area (Å²) in [5, 5.41) is 19.3. The summed E-state index contributed by atoms with van der Waals surface area (Å²) in [6, 6.07) is 10.3. The number of aromatic nitrogens is 3. The number of nitrogens with zero attached hydrogens (tertiary/aromatic N) is 3. The number of hydrogen-bond acceptors (Lipinski definition) is 6. The summed E-state index contributed by atoms with van der Waals surface area (Å²) >= 11 is 12.3. The Hall–Kier alpha value is -3.36. The number of pyridine rings is 1. The lowest BCUT2D eigenvalue weighted by Gasteiger charge is -2.14. The first-order valence-electron chi connectivity index (χ1n) is 8.69. The Kier molecular flexibility index (Phi) is 5.19. The number of aromatic hydroxyl groups is 1. The van der Waals surface area contributed by atoms with Crippen LogP contribution in [-0.4, -0.2) is 45.2 Å². The molecule has 10 heteroatoms. The van der Waals surface area contributed by atoms with Crippen LogP contribution in [0.25, 0.3) is 27.5 Å². The van der Waals surface area contributed by atoms with Crippen LogP contribution in [0.2, 0.25) is 10.0 Å². The molecule has 2 heterocycles. The van der Waals surface area contributed by atoms with Gasteiger partial charge in [-0.15, -0.1) is 0 Å². The highest BCUT2D eigenvalue weighted by molar-refractivity contribution is 6.35. The molecule has 0 unspecified atom stereocenters. The summed E-state index contributed by atoms with van der Waals surface area (Å²) < 4.78 is 5.74. The second-order valence-electron chi connectivity index (χ2n) is 6.34. The van der Waals surface area contributed by atoms with Gasteiger partial charge in [0.05, 0.1) is 7.11 Å². The van der Waals surface area contributed by atoms with E-state index in [2.05, 4.69) is 20.1 Å². The normalized spacial score (nSPS) is 11.0. The van der Waals surface area contributed by atoms with Gasteiger partial charge in [-0.2, -0.15) is 5.10 Å². The van der Waals surface area contributed by atoms with Gasteiger partial charge in [-0.3, -0.25) is 9.59 Å². The van der Waals surface area contributed by atoms with E-state index >= 15 is 0 Å². The average molecular weight is 445 g/mol.